The second-order valence-corrected chi connectivity index (χ2v) is 6.79. The third-order valence-electron chi connectivity index (χ3n) is 4.54. The van der Waals surface area contributed by atoms with Gasteiger partial charge < -0.3 is 10.2 Å². The molecule has 25 heavy (non-hydrogen) atoms. The number of ketones is 1. The monoisotopic (exact) mass is 355 g/mol. The summed E-state index contributed by atoms with van der Waals surface area (Å²) < 4.78 is 0. The third kappa shape index (κ3) is 11.3. The Kier molecular flexibility index (Phi) is 14.7. The SMILES string of the molecule is CC.CCNCC(=O)N1CCN(CCCCCCC(=O)C(C)C)CC1. The number of rotatable bonds is 11. The molecule has 0 bridgehead atoms. The van der Waals surface area contributed by atoms with Crippen molar-refractivity contribution in [2.45, 2.75) is 66.7 Å². The fraction of sp³-hybridized carbons (Fsp3) is 0.900. The lowest BCUT2D eigenvalue weighted by molar-refractivity contribution is -0.132. The molecule has 5 heteroatoms. The van der Waals surface area contributed by atoms with Crippen molar-refractivity contribution < 1.29 is 9.59 Å². The van der Waals surface area contributed by atoms with Crippen LogP contribution in [-0.2, 0) is 9.59 Å². The van der Waals surface area contributed by atoms with Gasteiger partial charge in [0, 0.05) is 38.5 Å². The molecule has 0 saturated carbocycles. The molecule has 1 heterocycles. The largest absolute Gasteiger partial charge is 0.339 e. The van der Waals surface area contributed by atoms with E-state index >= 15 is 0 Å². The molecule has 1 amide bonds. The van der Waals surface area contributed by atoms with Crippen LogP contribution in [0, 0.1) is 5.92 Å². The fourth-order valence-corrected chi connectivity index (χ4v) is 2.84. The van der Waals surface area contributed by atoms with E-state index in [1.54, 1.807) is 0 Å². The van der Waals surface area contributed by atoms with Gasteiger partial charge in [-0.05, 0) is 25.9 Å². The van der Waals surface area contributed by atoms with Crippen LogP contribution in [-0.4, -0.2) is 67.3 Å². The highest BCUT2D eigenvalue weighted by Gasteiger charge is 2.20. The maximum Gasteiger partial charge on any atom is 0.236 e. The van der Waals surface area contributed by atoms with Crippen molar-refractivity contribution in [3.05, 3.63) is 0 Å². The zero-order valence-corrected chi connectivity index (χ0v) is 17.3. The first-order valence-electron chi connectivity index (χ1n) is 10.3. The normalized spacial score (nSPS) is 15.0. The van der Waals surface area contributed by atoms with E-state index in [1.807, 2.05) is 39.5 Å². The second kappa shape index (κ2) is 15.3. The molecular formula is C20H41N3O2. The predicted octanol–water partition coefficient (Wildman–Crippen LogP) is 2.94. The van der Waals surface area contributed by atoms with E-state index in [0.29, 0.717) is 12.3 Å². The van der Waals surface area contributed by atoms with E-state index < -0.39 is 0 Å². The van der Waals surface area contributed by atoms with E-state index in [1.165, 1.54) is 12.8 Å². The molecule has 0 atom stereocenters. The Bertz CT molecular complexity index is 351. The van der Waals surface area contributed by atoms with Gasteiger partial charge in [-0.15, -0.1) is 0 Å². The Hall–Kier alpha value is -0.940. The molecule has 5 nitrogen and oxygen atoms in total. The molecule has 0 aromatic heterocycles. The molecule has 1 rings (SSSR count). The molecule has 0 radical (unpaired) electrons. The Morgan fingerprint density at radius 1 is 0.960 bits per heavy atom. The zero-order valence-electron chi connectivity index (χ0n) is 17.3. The van der Waals surface area contributed by atoms with Gasteiger partial charge >= 0.3 is 0 Å². The molecule has 1 aliphatic heterocycles. The first kappa shape index (κ1) is 24.1. The quantitative estimate of drug-likeness (QED) is 0.579. The second-order valence-electron chi connectivity index (χ2n) is 6.79. The summed E-state index contributed by atoms with van der Waals surface area (Å²) >= 11 is 0. The molecule has 0 aliphatic carbocycles. The van der Waals surface area contributed by atoms with Gasteiger partial charge in [-0.2, -0.15) is 0 Å². The molecule has 0 aromatic carbocycles. The van der Waals surface area contributed by atoms with Crippen molar-refractivity contribution in [3.63, 3.8) is 0 Å². The van der Waals surface area contributed by atoms with Gasteiger partial charge in [-0.3, -0.25) is 14.5 Å². The van der Waals surface area contributed by atoms with E-state index in [4.69, 9.17) is 0 Å². The predicted molar refractivity (Wildman–Crippen MR) is 106 cm³/mol. The lowest BCUT2D eigenvalue weighted by Gasteiger charge is -2.34. The van der Waals surface area contributed by atoms with Gasteiger partial charge in [0.15, 0.2) is 0 Å². The number of hydrogen-bond donors (Lipinski definition) is 1. The Morgan fingerprint density at radius 3 is 2.12 bits per heavy atom. The minimum atomic E-state index is 0.182. The van der Waals surface area contributed by atoms with Crippen LogP contribution in [0.3, 0.4) is 0 Å². The van der Waals surface area contributed by atoms with Crippen molar-refractivity contribution in [1.29, 1.82) is 0 Å². The average molecular weight is 356 g/mol. The molecule has 1 fully saturated rings. The van der Waals surface area contributed by atoms with Crippen LogP contribution >= 0.6 is 0 Å². The molecule has 0 unspecified atom stereocenters. The summed E-state index contributed by atoms with van der Waals surface area (Å²) in [4.78, 5) is 27.9. The van der Waals surface area contributed by atoms with Gasteiger partial charge in [0.25, 0.3) is 0 Å². The summed E-state index contributed by atoms with van der Waals surface area (Å²) in [6.07, 6.45) is 5.32. The molecule has 1 saturated heterocycles. The highest BCUT2D eigenvalue weighted by Crippen LogP contribution is 2.09. The van der Waals surface area contributed by atoms with E-state index in [-0.39, 0.29) is 11.8 Å². The highest BCUT2D eigenvalue weighted by atomic mass is 16.2. The topological polar surface area (TPSA) is 52.7 Å². The molecule has 1 N–H and O–H groups in total. The smallest absolute Gasteiger partial charge is 0.236 e. The number of hydrogen-bond acceptors (Lipinski definition) is 4. The van der Waals surface area contributed by atoms with E-state index in [9.17, 15) is 9.59 Å². The average Bonchev–Trinajstić information content (AvgIpc) is 2.64. The van der Waals surface area contributed by atoms with Gasteiger partial charge in [0.2, 0.25) is 5.91 Å². The van der Waals surface area contributed by atoms with Crippen LogP contribution in [0.4, 0.5) is 0 Å². The van der Waals surface area contributed by atoms with E-state index in [2.05, 4.69) is 10.2 Å². The summed E-state index contributed by atoms with van der Waals surface area (Å²) in [5.41, 5.74) is 0. The van der Waals surface area contributed by atoms with Crippen LogP contribution in [0.2, 0.25) is 0 Å². The summed E-state index contributed by atoms with van der Waals surface area (Å²) in [5.74, 6) is 0.797. The van der Waals surface area contributed by atoms with Gasteiger partial charge in [0.05, 0.1) is 6.54 Å². The minimum absolute atomic E-state index is 0.182. The molecule has 0 spiro atoms. The maximum atomic E-state index is 11.9. The van der Waals surface area contributed by atoms with Crippen molar-refractivity contribution in [2.75, 3.05) is 45.8 Å². The van der Waals surface area contributed by atoms with Crippen LogP contribution in [0.5, 0.6) is 0 Å². The number of nitrogens with zero attached hydrogens (tertiary/aromatic N) is 2. The number of amides is 1. The molecule has 148 valence electrons. The van der Waals surface area contributed by atoms with Gasteiger partial charge in [-0.1, -0.05) is 47.5 Å². The first-order chi connectivity index (χ1) is 12.0. The highest BCUT2D eigenvalue weighted by molar-refractivity contribution is 5.80. The Balaban J connectivity index is 0.00000277. The number of likely N-dealkylation sites (N-methyl/N-ethyl adjacent to an activating group) is 1. The van der Waals surface area contributed by atoms with Crippen molar-refractivity contribution >= 4 is 11.7 Å². The van der Waals surface area contributed by atoms with Gasteiger partial charge in [0.1, 0.15) is 5.78 Å². The van der Waals surface area contributed by atoms with Crippen molar-refractivity contribution in [1.82, 2.24) is 15.1 Å². The van der Waals surface area contributed by atoms with Gasteiger partial charge in [-0.25, -0.2) is 0 Å². The standard InChI is InChI=1S/C18H35N3O2.C2H6/c1-4-19-15-18(23)21-13-11-20(12-14-21)10-8-6-5-7-9-17(22)16(2)3;1-2/h16,19H,4-15H2,1-3H3;1-2H3. The fourth-order valence-electron chi connectivity index (χ4n) is 2.84. The lowest BCUT2D eigenvalue weighted by Crippen LogP contribution is -2.50. The molecule has 1 aliphatic rings. The molecule has 0 aromatic rings. The van der Waals surface area contributed by atoms with Crippen LogP contribution < -0.4 is 5.32 Å². The molecular weight excluding hydrogens is 314 g/mol. The maximum absolute atomic E-state index is 11.9. The Morgan fingerprint density at radius 2 is 1.56 bits per heavy atom. The van der Waals surface area contributed by atoms with Crippen molar-refractivity contribution in [2.24, 2.45) is 5.92 Å². The number of Topliss-reactive ketones (excluding diaryl/α,β-unsaturated/α-hetero) is 1. The zero-order chi connectivity index (χ0) is 19.1. The summed E-state index contributed by atoms with van der Waals surface area (Å²) in [5, 5.41) is 3.10. The summed E-state index contributed by atoms with van der Waals surface area (Å²) in [6.45, 7) is 16.1. The summed E-state index contributed by atoms with van der Waals surface area (Å²) in [6, 6.07) is 0. The van der Waals surface area contributed by atoms with Crippen molar-refractivity contribution in [3.8, 4) is 0 Å². The number of nitrogens with one attached hydrogen (secondary N) is 1. The number of carbonyl (C=O) groups is 2. The summed E-state index contributed by atoms with van der Waals surface area (Å²) in [7, 11) is 0. The first-order valence-corrected chi connectivity index (χ1v) is 10.3. The minimum Gasteiger partial charge on any atom is -0.339 e. The number of carbonyl (C=O) groups excluding carboxylic acids is 2. The van der Waals surface area contributed by atoms with E-state index in [0.717, 1.165) is 58.5 Å². The van der Waals surface area contributed by atoms with Crippen LogP contribution in [0.25, 0.3) is 0 Å². The Labute approximate surface area is 155 Å². The number of unbranched alkanes of at least 4 members (excludes halogenated alkanes) is 3. The van der Waals surface area contributed by atoms with Crippen LogP contribution in [0.15, 0.2) is 0 Å². The lowest BCUT2D eigenvalue weighted by atomic mass is 10.0. The third-order valence-corrected chi connectivity index (χ3v) is 4.54. The number of piperazine rings is 1. The van der Waals surface area contributed by atoms with Crippen LogP contribution in [0.1, 0.15) is 66.7 Å².